The number of nitriles is 1. The van der Waals surface area contributed by atoms with Crippen LogP contribution in [0, 0.1) is 11.3 Å². The molecule has 112 valence electrons. The van der Waals surface area contributed by atoms with Gasteiger partial charge in [-0.05, 0) is 47.3 Å². The first kappa shape index (κ1) is 15.3. The molecule has 1 aromatic heterocycles. The van der Waals surface area contributed by atoms with Crippen molar-refractivity contribution < 1.29 is 4.79 Å². The molecule has 23 heavy (non-hydrogen) atoms. The topological polar surface area (TPSA) is 52.9 Å². The molecule has 1 heterocycles. The van der Waals surface area contributed by atoms with Gasteiger partial charge >= 0.3 is 0 Å². The zero-order chi connectivity index (χ0) is 16.2. The largest absolute Gasteiger partial charge is 0.322 e. The summed E-state index contributed by atoms with van der Waals surface area (Å²) in [6, 6.07) is 18.2. The van der Waals surface area contributed by atoms with E-state index in [2.05, 4.69) is 5.32 Å². The lowest BCUT2D eigenvalue weighted by molar-refractivity contribution is 0.102. The Morgan fingerprint density at radius 3 is 2.52 bits per heavy atom. The highest BCUT2D eigenvalue weighted by Gasteiger charge is 2.08. The molecule has 0 aliphatic heterocycles. The van der Waals surface area contributed by atoms with Crippen LogP contribution in [0.2, 0.25) is 5.02 Å². The Morgan fingerprint density at radius 2 is 1.91 bits per heavy atom. The third kappa shape index (κ3) is 3.42. The number of halogens is 1. The van der Waals surface area contributed by atoms with Crippen molar-refractivity contribution in [3.63, 3.8) is 0 Å². The molecule has 0 saturated carbocycles. The van der Waals surface area contributed by atoms with Gasteiger partial charge in [0.25, 0.3) is 5.91 Å². The minimum atomic E-state index is -0.219. The van der Waals surface area contributed by atoms with Gasteiger partial charge in [0, 0.05) is 16.1 Å². The maximum atomic E-state index is 12.3. The molecule has 1 amide bonds. The first-order chi connectivity index (χ1) is 11.2. The average Bonchev–Trinajstić information content (AvgIpc) is 3.09. The summed E-state index contributed by atoms with van der Waals surface area (Å²) in [5, 5.41) is 14.0. The molecule has 1 N–H and O–H groups in total. The number of thiophene rings is 1. The Hall–Kier alpha value is -2.61. The molecule has 0 saturated heterocycles. The quantitative estimate of drug-likeness (QED) is 0.714. The van der Waals surface area contributed by atoms with Gasteiger partial charge in [-0.3, -0.25) is 4.79 Å². The van der Waals surface area contributed by atoms with Gasteiger partial charge < -0.3 is 5.32 Å². The number of nitrogens with one attached hydrogen (secondary N) is 1. The molecule has 0 atom stereocenters. The minimum absolute atomic E-state index is 0.219. The predicted molar refractivity (Wildman–Crippen MR) is 93.9 cm³/mol. The van der Waals surface area contributed by atoms with Crippen LogP contribution >= 0.6 is 22.9 Å². The molecule has 0 aliphatic carbocycles. The summed E-state index contributed by atoms with van der Waals surface area (Å²) in [4.78, 5) is 13.4. The Bertz CT molecular complexity index is 880. The fraction of sp³-hybridized carbons (Fsp3) is 0. The van der Waals surface area contributed by atoms with Gasteiger partial charge in [-0.2, -0.15) is 5.26 Å². The minimum Gasteiger partial charge on any atom is -0.322 e. The highest BCUT2D eigenvalue weighted by Crippen LogP contribution is 2.25. The number of hydrogen-bond acceptors (Lipinski definition) is 3. The number of nitrogens with zero attached hydrogens (tertiary/aromatic N) is 1. The van der Waals surface area contributed by atoms with Crippen LogP contribution in [-0.2, 0) is 0 Å². The fourth-order valence-corrected chi connectivity index (χ4v) is 3.07. The summed E-state index contributed by atoms with van der Waals surface area (Å²) in [5.41, 5.74) is 2.58. The van der Waals surface area contributed by atoms with E-state index < -0.39 is 0 Å². The van der Waals surface area contributed by atoms with Crippen molar-refractivity contribution in [3.05, 3.63) is 76.1 Å². The third-order valence-electron chi connectivity index (χ3n) is 3.30. The number of amides is 1. The second-order valence-electron chi connectivity index (χ2n) is 4.82. The SMILES string of the molecule is N#Cc1ccc(NC(=O)c2ccc(-c3cccs3)cc2)cc1Cl. The summed E-state index contributed by atoms with van der Waals surface area (Å²) >= 11 is 7.62. The Kier molecular flexibility index (Phi) is 4.42. The van der Waals surface area contributed by atoms with Crippen molar-refractivity contribution in [1.82, 2.24) is 0 Å². The lowest BCUT2D eigenvalue weighted by Crippen LogP contribution is -2.11. The molecule has 0 aliphatic rings. The van der Waals surface area contributed by atoms with E-state index in [1.54, 1.807) is 41.7 Å². The van der Waals surface area contributed by atoms with Crippen molar-refractivity contribution in [2.24, 2.45) is 0 Å². The molecule has 3 nitrogen and oxygen atoms in total. The number of carbonyl (C=O) groups excluding carboxylic acids is 1. The fourth-order valence-electron chi connectivity index (χ4n) is 2.12. The number of benzene rings is 2. The Morgan fingerprint density at radius 1 is 1.13 bits per heavy atom. The highest BCUT2D eigenvalue weighted by molar-refractivity contribution is 7.13. The van der Waals surface area contributed by atoms with Crippen molar-refractivity contribution in [1.29, 1.82) is 5.26 Å². The summed E-state index contributed by atoms with van der Waals surface area (Å²) in [7, 11) is 0. The molecule has 3 rings (SSSR count). The maximum absolute atomic E-state index is 12.3. The van der Waals surface area contributed by atoms with Crippen LogP contribution in [0.3, 0.4) is 0 Å². The zero-order valence-electron chi connectivity index (χ0n) is 11.9. The molecule has 0 spiro atoms. The number of carbonyl (C=O) groups is 1. The Labute approximate surface area is 142 Å². The summed E-state index contributed by atoms with van der Waals surface area (Å²) in [6.07, 6.45) is 0. The van der Waals surface area contributed by atoms with E-state index in [1.807, 2.05) is 35.7 Å². The average molecular weight is 339 g/mol. The summed E-state index contributed by atoms with van der Waals surface area (Å²) < 4.78 is 0. The van der Waals surface area contributed by atoms with Crippen LogP contribution in [0.5, 0.6) is 0 Å². The van der Waals surface area contributed by atoms with E-state index in [0.717, 1.165) is 10.4 Å². The molecule has 0 radical (unpaired) electrons. The van der Waals surface area contributed by atoms with Crippen molar-refractivity contribution in [2.75, 3.05) is 5.32 Å². The van der Waals surface area contributed by atoms with E-state index >= 15 is 0 Å². The van der Waals surface area contributed by atoms with Gasteiger partial charge in [0.05, 0.1) is 10.6 Å². The van der Waals surface area contributed by atoms with Gasteiger partial charge in [-0.15, -0.1) is 11.3 Å². The van der Waals surface area contributed by atoms with Crippen LogP contribution in [-0.4, -0.2) is 5.91 Å². The van der Waals surface area contributed by atoms with Gasteiger partial charge in [-0.1, -0.05) is 29.8 Å². The standard InChI is InChI=1S/C18H11ClN2OS/c19-16-10-15(8-7-14(16)11-20)21-18(22)13-5-3-12(4-6-13)17-2-1-9-23-17/h1-10H,(H,21,22). The number of rotatable bonds is 3. The first-order valence-electron chi connectivity index (χ1n) is 6.82. The highest BCUT2D eigenvalue weighted by atomic mass is 35.5. The van der Waals surface area contributed by atoms with E-state index in [0.29, 0.717) is 21.8 Å². The van der Waals surface area contributed by atoms with Crippen LogP contribution < -0.4 is 5.32 Å². The summed E-state index contributed by atoms with van der Waals surface area (Å²) in [5.74, 6) is -0.219. The van der Waals surface area contributed by atoms with Crippen LogP contribution in [0.15, 0.2) is 60.0 Å². The molecule has 0 fully saturated rings. The second kappa shape index (κ2) is 6.66. The van der Waals surface area contributed by atoms with E-state index in [4.69, 9.17) is 16.9 Å². The van der Waals surface area contributed by atoms with Gasteiger partial charge in [-0.25, -0.2) is 0 Å². The smallest absolute Gasteiger partial charge is 0.255 e. The molecule has 3 aromatic rings. The van der Waals surface area contributed by atoms with Crippen LogP contribution in [0.25, 0.3) is 10.4 Å². The second-order valence-corrected chi connectivity index (χ2v) is 6.17. The normalized spacial score (nSPS) is 10.1. The third-order valence-corrected chi connectivity index (χ3v) is 4.53. The lowest BCUT2D eigenvalue weighted by atomic mass is 10.1. The van der Waals surface area contributed by atoms with Crippen LogP contribution in [0.4, 0.5) is 5.69 Å². The van der Waals surface area contributed by atoms with Gasteiger partial charge in [0.1, 0.15) is 6.07 Å². The Balaban J connectivity index is 1.76. The van der Waals surface area contributed by atoms with E-state index in [9.17, 15) is 4.79 Å². The number of anilines is 1. The van der Waals surface area contributed by atoms with Crippen molar-refractivity contribution in [2.45, 2.75) is 0 Å². The molecular weight excluding hydrogens is 328 g/mol. The van der Waals surface area contributed by atoms with Crippen LogP contribution in [0.1, 0.15) is 15.9 Å². The monoisotopic (exact) mass is 338 g/mol. The van der Waals surface area contributed by atoms with Gasteiger partial charge in [0.15, 0.2) is 0 Å². The van der Waals surface area contributed by atoms with Crippen molar-refractivity contribution >= 4 is 34.5 Å². The summed E-state index contributed by atoms with van der Waals surface area (Å²) in [6.45, 7) is 0. The molecule has 2 aromatic carbocycles. The predicted octanol–water partition coefficient (Wildman–Crippen LogP) is 5.19. The van der Waals surface area contributed by atoms with E-state index in [-0.39, 0.29) is 5.91 Å². The number of hydrogen-bond donors (Lipinski definition) is 1. The lowest BCUT2D eigenvalue weighted by Gasteiger charge is -2.07. The van der Waals surface area contributed by atoms with Crippen molar-refractivity contribution in [3.8, 4) is 16.5 Å². The molecule has 0 bridgehead atoms. The molecular formula is C18H11ClN2OS. The first-order valence-corrected chi connectivity index (χ1v) is 8.08. The van der Waals surface area contributed by atoms with E-state index in [1.165, 1.54) is 0 Å². The molecule has 0 unspecified atom stereocenters. The van der Waals surface area contributed by atoms with Gasteiger partial charge in [0.2, 0.25) is 0 Å². The molecule has 5 heteroatoms. The maximum Gasteiger partial charge on any atom is 0.255 e. The zero-order valence-corrected chi connectivity index (χ0v) is 13.5.